The molecule has 1 aliphatic carbocycles. The Morgan fingerprint density at radius 2 is 1.10 bits per heavy atom. The van der Waals surface area contributed by atoms with Crippen molar-refractivity contribution in [2.75, 3.05) is 107 Å². The van der Waals surface area contributed by atoms with Gasteiger partial charge in [-0.25, -0.2) is 4.79 Å². The highest BCUT2D eigenvalue weighted by Gasteiger charge is 2.35. The van der Waals surface area contributed by atoms with E-state index in [1.165, 1.54) is 109 Å². The predicted molar refractivity (Wildman–Crippen MR) is 461 cm³/mol. The third-order valence-corrected chi connectivity index (χ3v) is 21.8. The first-order valence-electron chi connectivity index (χ1n) is 40.7. The Kier molecular flexibility index (Phi) is 28.3. The van der Waals surface area contributed by atoms with Crippen molar-refractivity contribution in [2.45, 2.75) is 95.5 Å². The lowest BCUT2D eigenvalue weighted by atomic mass is 9.90. The van der Waals surface area contributed by atoms with Gasteiger partial charge in [0, 0.05) is 124 Å². The number of nitrogens with zero attached hydrogens (tertiary/aromatic N) is 5. The first-order chi connectivity index (χ1) is 60.6. The van der Waals surface area contributed by atoms with Crippen molar-refractivity contribution in [3.8, 4) is 33.9 Å². The molecule has 5 aliphatic heterocycles. The summed E-state index contributed by atoms with van der Waals surface area (Å²) in [6.45, 7) is -1.16. The number of carbonyl (C=O) groups excluding carboxylic acids is 12. The van der Waals surface area contributed by atoms with E-state index >= 15 is 0 Å². The van der Waals surface area contributed by atoms with Gasteiger partial charge in [-0.15, -0.1) is 0 Å². The van der Waals surface area contributed by atoms with Gasteiger partial charge in [-0.05, 0) is 185 Å². The first kappa shape index (κ1) is 88.6. The summed E-state index contributed by atoms with van der Waals surface area (Å²) < 4.78 is 12.2. The van der Waals surface area contributed by atoms with Crippen LogP contribution in [0.1, 0.15) is 127 Å². The Hall–Kier alpha value is -15.2. The van der Waals surface area contributed by atoms with Crippen LogP contribution in [0.3, 0.4) is 0 Å². The molecule has 3 atom stereocenters. The van der Waals surface area contributed by atoms with Crippen LogP contribution in [-0.4, -0.2) is 191 Å². The Morgan fingerprint density at radius 3 is 1.70 bits per heavy atom. The number of primary amides is 2. The van der Waals surface area contributed by atoms with Gasteiger partial charge in [0.15, 0.2) is 5.43 Å². The molecule has 40 heteroatoms. The molecule has 0 radical (unpaired) electrons. The molecule has 0 saturated carbocycles. The largest absolute Gasteiger partial charge is 0.508 e. The number of rotatable bonds is 25. The summed E-state index contributed by atoms with van der Waals surface area (Å²) in [7, 11) is 0. The minimum Gasteiger partial charge on any atom is -0.508 e. The number of anilines is 9. The van der Waals surface area contributed by atoms with Gasteiger partial charge in [0.05, 0.1) is 42.9 Å². The molecule has 0 unspecified atom stereocenters. The molecule has 6 heterocycles. The highest BCUT2D eigenvalue weighted by molar-refractivity contribution is 6.10. The molecular weight excluding hydrogens is 1630 g/mol. The molecule has 6 aliphatic rings. The maximum Gasteiger partial charge on any atom is 0.336 e. The first-order valence-corrected chi connectivity index (χ1v) is 40.7. The number of hydrogen-bond donors (Lipinski definition) is 19. The zero-order chi connectivity index (χ0) is 89.4. The number of unbranched alkanes of at least 4 members (excludes halogenated alkanes) is 2. The van der Waals surface area contributed by atoms with Crippen LogP contribution in [0.5, 0.6) is 11.5 Å². The Balaban J connectivity index is 0.686. The predicted octanol–water partition coefficient (Wildman–Crippen LogP) is 3.18. The van der Waals surface area contributed by atoms with Gasteiger partial charge in [0.2, 0.25) is 76.9 Å². The number of ether oxygens (including phenoxy) is 1. The van der Waals surface area contributed by atoms with E-state index in [1.54, 1.807) is 18.2 Å². The van der Waals surface area contributed by atoms with Crippen LogP contribution in [0.2, 0.25) is 0 Å². The van der Waals surface area contributed by atoms with Crippen LogP contribution >= 0.6 is 0 Å². The molecular formula is C86H93N21O19. The van der Waals surface area contributed by atoms with Crippen LogP contribution in [0, 0.1) is 11.8 Å². The van der Waals surface area contributed by atoms with E-state index in [4.69, 9.17) is 47.0 Å². The maximum atomic E-state index is 14.3. The SMILES string of the molecule is NCCCC[C@@H]1NC(=O)CNC(=O)c2cc(NC(=O)CNC(=O)C3CCN(c4nc(Nc5ccc(-c6c7ccc(=O)cc-7oc7cc(O)ccc67)c(C(=O)O)c5)nc(N5CCC(C(=O)NCC(=O)Nc6ccc7c(c6)C(=O)N[C@@H](CCCCN)C(=O)N[C@@H](CO)C(=O)Nc6cc(C(N)=O)ccc6CN7)CC5)n4)CC3)ccc2OCc2ccc(C(N)=O)cc2NC1=O. The minimum atomic E-state index is -1.48. The lowest BCUT2D eigenvalue weighted by molar-refractivity contribution is -0.128. The van der Waals surface area contributed by atoms with Crippen molar-refractivity contribution in [1.29, 1.82) is 0 Å². The summed E-state index contributed by atoms with van der Waals surface area (Å²) >= 11 is 0. The number of aliphatic hydroxyl groups excluding tert-OH is 1. The fourth-order valence-corrected chi connectivity index (χ4v) is 15.1. The maximum absolute atomic E-state index is 14.3. The molecule has 12 amide bonds. The van der Waals surface area contributed by atoms with E-state index in [2.05, 4.69) is 63.8 Å². The number of nitrogens with two attached hydrogens (primary N) is 4. The number of piperidine rings is 2. The number of aromatic carboxylic acids is 1. The molecule has 23 N–H and O–H groups in total. The number of aliphatic hydroxyl groups is 1. The van der Waals surface area contributed by atoms with E-state index < -0.39 is 133 Å². The molecule has 0 spiro atoms. The summed E-state index contributed by atoms with van der Waals surface area (Å²) in [6, 6.07) is 26.5. The third kappa shape index (κ3) is 21.8. The van der Waals surface area contributed by atoms with Gasteiger partial charge in [-0.1, -0.05) is 18.2 Å². The molecule has 0 bridgehead atoms. The minimum absolute atomic E-state index is 0.0190. The van der Waals surface area contributed by atoms with Crippen LogP contribution in [0.25, 0.3) is 33.4 Å². The quantitative estimate of drug-likeness (QED) is 0.0288. The van der Waals surface area contributed by atoms with Crippen LogP contribution < -0.4 is 107 Å². The summed E-state index contributed by atoms with van der Waals surface area (Å²) in [5.74, 6) is -10.4. The van der Waals surface area contributed by atoms with Crippen molar-refractivity contribution < 1.29 is 86.8 Å². The average molecular weight is 1720 g/mol. The topological polar surface area (TPSA) is 616 Å². The number of hydrogen-bond acceptors (Lipinski definition) is 27. The summed E-state index contributed by atoms with van der Waals surface area (Å²) in [5, 5.41) is 65.1. The monoisotopic (exact) mass is 1720 g/mol. The number of fused-ring (bicyclic) bond motifs is 6. The lowest BCUT2D eigenvalue weighted by Crippen LogP contribution is -2.54. The van der Waals surface area contributed by atoms with Gasteiger partial charge in [0.25, 0.3) is 11.8 Å². The van der Waals surface area contributed by atoms with Gasteiger partial charge >= 0.3 is 5.97 Å². The number of carbonyl (C=O) groups is 13. The smallest absolute Gasteiger partial charge is 0.336 e. The summed E-state index contributed by atoms with van der Waals surface area (Å²) in [4.78, 5) is 207. The normalized spacial score (nSPS) is 16.7. The molecule has 2 fully saturated rings. The molecule has 40 nitrogen and oxygen atoms in total. The number of benzene rings is 7. The van der Waals surface area contributed by atoms with Gasteiger partial charge in [-0.2, -0.15) is 15.0 Å². The fourth-order valence-electron chi connectivity index (χ4n) is 15.1. The molecule has 13 rings (SSSR count). The van der Waals surface area contributed by atoms with Crippen molar-refractivity contribution in [1.82, 2.24) is 46.9 Å². The number of amides is 12. The molecule has 1 aromatic heterocycles. The Morgan fingerprint density at radius 1 is 0.524 bits per heavy atom. The number of carboxylic acids is 1. The van der Waals surface area contributed by atoms with Crippen LogP contribution in [-0.2, 0) is 51.5 Å². The zero-order valence-electron chi connectivity index (χ0n) is 68.0. The number of phenolic OH excluding ortho intramolecular Hbond substituents is 1. The molecule has 126 heavy (non-hydrogen) atoms. The second kappa shape index (κ2) is 40.2. The molecule has 2 saturated heterocycles. The van der Waals surface area contributed by atoms with Gasteiger partial charge < -0.3 is 121 Å². The number of aromatic nitrogens is 3. The van der Waals surface area contributed by atoms with Crippen LogP contribution in [0.4, 0.5) is 52.0 Å². The fraction of sp³-hybridized carbons (Fsp3) is 0.314. The van der Waals surface area contributed by atoms with Crippen LogP contribution in [0.15, 0.2) is 137 Å². The molecule has 6 aromatic carbocycles. The lowest BCUT2D eigenvalue weighted by Gasteiger charge is -2.34. The average Bonchev–Trinajstić information content (AvgIpc) is 0.744. The van der Waals surface area contributed by atoms with Crippen molar-refractivity contribution in [3.05, 3.63) is 177 Å². The van der Waals surface area contributed by atoms with E-state index in [1.807, 2.05) is 9.80 Å². The molecule has 7 aromatic rings. The van der Waals surface area contributed by atoms with E-state index in [9.17, 15) is 82.4 Å². The Labute approximate surface area is 718 Å². The third-order valence-electron chi connectivity index (χ3n) is 21.8. The highest BCUT2D eigenvalue weighted by Crippen LogP contribution is 2.43. The highest BCUT2D eigenvalue weighted by atomic mass is 16.5. The number of aromatic hydroxyl groups is 1. The molecule has 656 valence electrons. The second-order valence-corrected chi connectivity index (χ2v) is 30.5. The zero-order valence-corrected chi connectivity index (χ0v) is 68.0. The van der Waals surface area contributed by atoms with E-state index in [0.717, 1.165) is 0 Å². The van der Waals surface area contributed by atoms with Crippen molar-refractivity contribution in [3.63, 3.8) is 0 Å². The standard InChI is InChI=1S/C86H93N21O19/c87-25-3-1-5-62-80(120)101-65-32-47(75(90)115)8-10-49(65)43-125-67-20-13-51(35-60(67)78(118)94-41-72(113)98-62)96-71(112)40-93-77(117)45-23-29-107(30-24-45)86-104-84(97-52-11-16-55(58(33-52)83(123)124)73-56-17-14-53(109)36-68(56)126-69-37-54(110)15-18-57(69)73)103-85(105-86)106-27-21-44(22-28-106)76(116)92-39-70(111)95-50-12-19-61-59(34-50)79(119)99-63(6-2-4-26-88)81(121)102-66(42-108)82(122)100-64-31-46(74(89)114)7-9-48(64)38-91-61/h7-20,31-37,44-45,62-63,66,91,108-109H,1-6,21-30,38-43,87-88H2,(H2,89,114)(H2,90,115)(H,92,116)(H,93,117)(H,94,118)(H,95,111)(H,96,112)(H,98,113)(H,99,119)(H,100,122)(H,101,120)(H,102,121)(H,123,124)(H,97,103,104,105)/t62-,63-,66-/m0/s1. The summed E-state index contributed by atoms with van der Waals surface area (Å²) in [5.41, 5.74) is 25.1. The van der Waals surface area contributed by atoms with Gasteiger partial charge in [0.1, 0.15) is 47.6 Å². The number of nitrogens with one attached hydrogen (secondary N) is 12. The van der Waals surface area contributed by atoms with E-state index in [-0.39, 0.29) is 198 Å². The number of carboxylic acid groups (broad SMARTS) is 1. The number of phenols is 1. The van der Waals surface area contributed by atoms with Gasteiger partial charge in [-0.3, -0.25) is 62.3 Å². The van der Waals surface area contributed by atoms with E-state index in [0.29, 0.717) is 59.9 Å². The summed E-state index contributed by atoms with van der Waals surface area (Å²) in [6.07, 6.45) is 3.18. The van der Waals surface area contributed by atoms with Crippen molar-refractivity contribution >= 4 is 140 Å². The Bertz CT molecular complexity index is 5790. The second-order valence-electron chi connectivity index (χ2n) is 30.5. The van der Waals surface area contributed by atoms with Crippen molar-refractivity contribution in [2.24, 2.45) is 34.8 Å².